The lowest BCUT2D eigenvalue weighted by Gasteiger charge is -2.27. The molecule has 0 atom stereocenters. The quantitative estimate of drug-likeness (QED) is 0.543. The third-order valence-electron chi connectivity index (χ3n) is 3.31. The van der Waals surface area contributed by atoms with Crippen LogP contribution in [0.4, 0.5) is 5.69 Å². The molecule has 1 aromatic carbocycles. The highest BCUT2D eigenvalue weighted by Crippen LogP contribution is 2.27. The molecule has 0 spiro atoms. The first-order chi connectivity index (χ1) is 9.69. The van der Waals surface area contributed by atoms with E-state index in [2.05, 4.69) is 26.0 Å². The number of anilines is 1. The number of hydrogen-bond acceptors (Lipinski definition) is 2. The van der Waals surface area contributed by atoms with Gasteiger partial charge >= 0.3 is 0 Å². The van der Waals surface area contributed by atoms with Crippen LogP contribution in [0.1, 0.15) is 31.9 Å². The largest absolute Gasteiger partial charge is 0.380 e. The van der Waals surface area contributed by atoms with Gasteiger partial charge in [0.1, 0.15) is 5.88 Å². The van der Waals surface area contributed by atoms with Crippen LogP contribution in [0.3, 0.4) is 0 Å². The minimum absolute atomic E-state index is 0.00662. The molecule has 0 aliphatic carbocycles. The zero-order valence-electron chi connectivity index (χ0n) is 12.6. The maximum Gasteiger partial charge on any atom is 0.242 e. The van der Waals surface area contributed by atoms with E-state index in [0.717, 1.165) is 18.5 Å². The minimum Gasteiger partial charge on any atom is -0.380 e. The maximum absolute atomic E-state index is 12.2. The smallest absolute Gasteiger partial charge is 0.242 e. The molecule has 0 aromatic heterocycles. The van der Waals surface area contributed by atoms with E-state index in [1.54, 1.807) is 4.90 Å². The lowest BCUT2D eigenvalue weighted by molar-refractivity contribution is -0.116. The Hall–Kier alpha value is -1.06. The fourth-order valence-corrected chi connectivity index (χ4v) is 2.44. The highest BCUT2D eigenvalue weighted by atomic mass is 35.5. The average Bonchev–Trinajstić information content (AvgIpc) is 2.50. The Morgan fingerprint density at radius 3 is 2.25 bits per heavy atom. The van der Waals surface area contributed by atoms with E-state index in [4.69, 9.17) is 16.3 Å². The lowest BCUT2D eigenvalue weighted by atomic mass is 10.0. The fraction of sp³-hybridized carbons (Fsp3) is 0.562. The zero-order chi connectivity index (χ0) is 15.0. The highest BCUT2D eigenvalue weighted by molar-refractivity contribution is 6.29. The number of carbonyl (C=O) groups excluding carboxylic acids is 1. The van der Waals surface area contributed by atoms with Crippen molar-refractivity contribution in [3.8, 4) is 0 Å². The van der Waals surface area contributed by atoms with Crippen LogP contribution in [-0.4, -0.2) is 31.5 Å². The summed E-state index contributed by atoms with van der Waals surface area (Å²) in [6, 6.07) is 6.19. The van der Waals surface area contributed by atoms with Gasteiger partial charge in [-0.15, -0.1) is 11.6 Å². The van der Waals surface area contributed by atoms with Crippen LogP contribution >= 0.6 is 11.6 Å². The van der Waals surface area contributed by atoms with Gasteiger partial charge in [0.2, 0.25) is 5.91 Å². The molecule has 1 amide bonds. The molecule has 0 aliphatic heterocycles. The van der Waals surface area contributed by atoms with Gasteiger partial charge in [0.25, 0.3) is 0 Å². The zero-order valence-corrected chi connectivity index (χ0v) is 13.4. The van der Waals surface area contributed by atoms with Crippen molar-refractivity contribution in [1.29, 1.82) is 0 Å². The van der Waals surface area contributed by atoms with Gasteiger partial charge in [-0.25, -0.2) is 0 Å². The van der Waals surface area contributed by atoms with E-state index in [1.807, 2.05) is 13.0 Å². The van der Waals surface area contributed by atoms with Crippen LogP contribution < -0.4 is 4.90 Å². The van der Waals surface area contributed by atoms with Gasteiger partial charge in [0, 0.05) is 13.2 Å². The fourth-order valence-electron chi connectivity index (χ4n) is 2.30. The molecule has 20 heavy (non-hydrogen) atoms. The molecule has 3 nitrogen and oxygen atoms in total. The summed E-state index contributed by atoms with van der Waals surface area (Å²) in [5.74, 6) is -0.0742. The molecule has 0 bridgehead atoms. The first kappa shape index (κ1) is 17.0. The van der Waals surface area contributed by atoms with Crippen LogP contribution in [0, 0.1) is 0 Å². The van der Waals surface area contributed by atoms with Crippen molar-refractivity contribution in [1.82, 2.24) is 0 Å². The molecule has 0 saturated heterocycles. The van der Waals surface area contributed by atoms with Gasteiger partial charge in [-0.05, 0) is 30.9 Å². The Morgan fingerprint density at radius 2 is 1.80 bits per heavy atom. The summed E-state index contributed by atoms with van der Waals surface area (Å²) in [5, 5.41) is 0. The average molecular weight is 298 g/mol. The molecule has 4 heteroatoms. The maximum atomic E-state index is 12.2. The van der Waals surface area contributed by atoms with Gasteiger partial charge in [0.05, 0.1) is 12.3 Å². The highest BCUT2D eigenvalue weighted by Gasteiger charge is 2.19. The van der Waals surface area contributed by atoms with Gasteiger partial charge in [-0.3, -0.25) is 4.79 Å². The number of benzene rings is 1. The second-order valence-electron chi connectivity index (χ2n) is 4.51. The Kier molecular flexibility index (Phi) is 7.63. The van der Waals surface area contributed by atoms with Crippen LogP contribution in [-0.2, 0) is 22.4 Å². The third kappa shape index (κ3) is 4.22. The topological polar surface area (TPSA) is 29.5 Å². The number of para-hydroxylation sites is 1. The summed E-state index contributed by atoms with van der Waals surface area (Å²) in [7, 11) is 0. The van der Waals surface area contributed by atoms with Gasteiger partial charge < -0.3 is 9.64 Å². The number of halogens is 1. The monoisotopic (exact) mass is 297 g/mol. The number of rotatable bonds is 8. The molecular formula is C16H24ClNO2. The Morgan fingerprint density at radius 1 is 1.20 bits per heavy atom. The molecule has 112 valence electrons. The number of aryl methyl sites for hydroxylation is 2. The first-order valence-electron chi connectivity index (χ1n) is 7.24. The van der Waals surface area contributed by atoms with Crippen molar-refractivity contribution in [2.24, 2.45) is 0 Å². The van der Waals surface area contributed by atoms with Crippen molar-refractivity contribution < 1.29 is 9.53 Å². The summed E-state index contributed by atoms with van der Waals surface area (Å²) in [6.07, 6.45) is 1.79. The van der Waals surface area contributed by atoms with Crippen molar-refractivity contribution in [3.05, 3.63) is 29.3 Å². The van der Waals surface area contributed by atoms with E-state index in [0.29, 0.717) is 19.8 Å². The molecule has 0 radical (unpaired) electrons. The molecular weight excluding hydrogens is 274 g/mol. The molecule has 0 N–H and O–H groups in total. The van der Waals surface area contributed by atoms with E-state index < -0.39 is 0 Å². The summed E-state index contributed by atoms with van der Waals surface area (Å²) in [4.78, 5) is 14.0. The van der Waals surface area contributed by atoms with E-state index in [1.165, 1.54) is 11.1 Å². The second-order valence-corrected chi connectivity index (χ2v) is 4.78. The summed E-state index contributed by atoms with van der Waals surface area (Å²) in [5.41, 5.74) is 3.38. The predicted octanol–water partition coefficient (Wildman–Crippen LogP) is 3.42. The molecule has 1 aromatic rings. The normalized spacial score (nSPS) is 10.6. The van der Waals surface area contributed by atoms with E-state index in [-0.39, 0.29) is 11.8 Å². The Balaban J connectivity index is 3.14. The van der Waals surface area contributed by atoms with Crippen LogP contribution in [0.25, 0.3) is 0 Å². The van der Waals surface area contributed by atoms with Crippen LogP contribution in [0.2, 0.25) is 0 Å². The predicted molar refractivity (Wildman–Crippen MR) is 84.8 cm³/mol. The van der Waals surface area contributed by atoms with Crippen molar-refractivity contribution in [2.75, 3.05) is 30.5 Å². The standard InChI is InChI=1S/C16H24ClNO2/c1-4-13-8-7-9-14(5-2)16(13)18(15(19)12-17)10-11-20-6-3/h7-9H,4-6,10-12H2,1-3H3. The van der Waals surface area contributed by atoms with Crippen molar-refractivity contribution in [3.63, 3.8) is 0 Å². The Labute approximate surface area is 126 Å². The number of hydrogen-bond donors (Lipinski definition) is 0. The van der Waals surface area contributed by atoms with Gasteiger partial charge in [-0.1, -0.05) is 32.0 Å². The molecule has 0 heterocycles. The molecule has 0 saturated carbocycles. The van der Waals surface area contributed by atoms with Gasteiger partial charge in [0.15, 0.2) is 0 Å². The molecule has 0 unspecified atom stereocenters. The lowest BCUT2D eigenvalue weighted by Crippen LogP contribution is -2.36. The van der Waals surface area contributed by atoms with Crippen LogP contribution in [0.5, 0.6) is 0 Å². The number of amides is 1. The SMILES string of the molecule is CCOCCN(C(=O)CCl)c1c(CC)cccc1CC. The molecule has 1 rings (SSSR count). The number of nitrogens with zero attached hydrogens (tertiary/aromatic N) is 1. The summed E-state index contributed by atoms with van der Waals surface area (Å²) < 4.78 is 5.39. The third-order valence-corrected chi connectivity index (χ3v) is 3.54. The number of alkyl halides is 1. The van der Waals surface area contributed by atoms with Crippen LogP contribution in [0.15, 0.2) is 18.2 Å². The molecule has 0 aliphatic rings. The van der Waals surface area contributed by atoms with E-state index >= 15 is 0 Å². The van der Waals surface area contributed by atoms with Crippen molar-refractivity contribution in [2.45, 2.75) is 33.6 Å². The number of carbonyl (C=O) groups is 1. The summed E-state index contributed by atoms with van der Waals surface area (Å²) >= 11 is 5.77. The Bertz CT molecular complexity index is 412. The first-order valence-corrected chi connectivity index (χ1v) is 7.77. The van der Waals surface area contributed by atoms with Crippen molar-refractivity contribution >= 4 is 23.2 Å². The van der Waals surface area contributed by atoms with E-state index in [9.17, 15) is 4.79 Å². The van der Waals surface area contributed by atoms with Gasteiger partial charge in [-0.2, -0.15) is 0 Å². The summed E-state index contributed by atoms with van der Waals surface area (Å²) in [6.45, 7) is 7.88. The minimum atomic E-state index is -0.0676. The second kappa shape index (κ2) is 8.98. The molecule has 0 fully saturated rings. The number of ether oxygens (including phenoxy) is 1.